The third-order valence-electron chi connectivity index (χ3n) is 9.89. The maximum atomic E-state index is 12.6. The molecule has 3 aliphatic heterocycles. The average molecular weight is 592 g/mol. The second kappa shape index (κ2) is 12.1. The third-order valence-corrected chi connectivity index (χ3v) is 9.89. The molecule has 228 valence electrons. The van der Waals surface area contributed by atoms with Crippen molar-refractivity contribution in [2.24, 2.45) is 5.41 Å². The Balaban J connectivity index is 1.19. The lowest BCUT2D eigenvalue weighted by molar-refractivity contribution is -0.128. The van der Waals surface area contributed by atoms with Crippen molar-refractivity contribution in [3.63, 3.8) is 0 Å². The number of benzene rings is 2. The second-order valence-corrected chi connectivity index (χ2v) is 12.9. The van der Waals surface area contributed by atoms with Gasteiger partial charge in [0.05, 0.1) is 18.8 Å². The molecule has 9 heteroatoms. The number of hydrogen-bond donors (Lipinski definition) is 0. The van der Waals surface area contributed by atoms with Crippen LogP contribution in [0.5, 0.6) is 6.01 Å². The highest BCUT2D eigenvalue weighted by molar-refractivity contribution is 5.94. The number of fused-ring (bicyclic) bond motifs is 2. The molecule has 1 aromatic heterocycles. The molecule has 3 aromatic rings. The van der Waals surface area contributed by atoms with E-state index in [9.17, 15) is 4.79 Å². The van der Waals surface area contributed by atoms with Crippen LogP contribution in [-0.2, 0) is 17.8 Å². The van der Waals surface area contributed by atoms with Crippen molar-refractivity contribution < 1.29 is 9.53 Å². The van der Waals surface area contributed by atoms with E-state index in [1.54, 1.807) is 4.90 Å². The van der Waals surface area contributed by atoms with Gasteiger partial charge < -0.3 is 29.2 Å². The van der Waals surface area contributed by atoms with Gasteiger partial charge >= 0.3 is 6.01 Å². The summed E-state index contributed by atoms with van der Waals surface area (Å²) in [5.74, 6) is 0.776. The van der Waals surface area contributed by atoms with Gasteiger partial charge in [-0.3, -0.25) is 4.79 Å². The number of carbonyl (C=O) groups excluding carboxylic acids is 1. The molecule has 3 fully saturated rings. The summed E-state index contributed by atoms with van der Waals surface area (Å²) in [6.07, 6.45) is 7.12. The van der Waals surface area contributed by atoms with Gasteiger partial charge in [-0.2, -0.15) is 9.97 Å². The molecule has 1 unspecified atom stereocenters. The molecule has 1 atom stereocenters. The minimum Gasteiger partial charge on any atom is -0.463 e. The first-order valence-corrected chi connectivity index (χ1v) is 16.0. The van der Waals surface area contributed by atoms with Crippen LogP contribution in [0.2, 0.25) is 0 Å². The number of carbonyl (C=O) groups is 1. The van der Waals surface area contributed by atoms with E-state index in [1.165, 1.54) is 61.3 Å². The van der Waals surface area contributed by atoms with Crippen LogP contribution < -0.4 is 14.5 Å². The van der Waals surface area contributed by atoms with Crippen molar-refractivity contribution in [1.82, 2.24) is 19.8 Å². The molecule has 2 saturated heterocycles. The fraction of sp³-hybridized carbons (Fsp3) is 0.486. The van der Waals surface area contributed by atoms with Gasteiger partial charge in [0.1, 0.15) is 11.9 Å². The number of aromatic nitrogens is 2. The number of hydrogen-bond acceptors (Lipinski definition) is 7. The summed E-state index contributed by atoms with van der Waals surface area (Å²) < 4.78 is 6.48. The molecule has 1 saturated carbocycles. The van der Waals surface area contributed by atoms with Gasteiger partial charge in [0.25, 0.3) is 0 Å². The molecule has 0 spiro atoms. The van der Waals surface area contributed by atoms with Crippen molar-refractivity contribution in [2.45, 2.75) is 44.7 Å². The number of likely N-dealkylation sites (tertiary alicyclic amines) is 1. The van der Waals surface area contributed by atoms with E-state index in [0.717, 1.165) is 36.6 Å². The van der Waals surface area contributed by atoms with E-state index < -0.39 is 0 Å². The van der Waals surface area contributed by atoms with E-state index in [4.69, 9.17) is 21.3 Å². The molecule has 7 rings (SSSR count). The predicted octanol–water partition coefficient (Wildman–Crippen LogP) is 4.57. The minimum atomic E-state index is -0.215. The number of anilines is 2. The van der Waals surface area contributed by atoms with Crippen molar-refractivity contribution in [1.29, 1.82) is 0 Å². The first-order chi connectivity index (χ1) is 21.6. The summed E-state index contributed by atoms with van der Waals surface area (Å²) in [6.45, 7) is 18.8. The topological polar surface area (TPSA) is 69.4 Å². The lowest BCUT2D eigenvalue weighted by Gasteiger charge is -2.41. The van der Waals surface area contributed by atoms with Gasteiger partial charge in [-0.15, -0.1) is 0 Å². The third kappa shape index (κ3) is 5.71. The standard InChI is InChI=1S/C35H41N7O2/c1-3-32(43)42-20-19-41(22-27(42)21-36-2)33-29-13-18-40(31-12-8-10-26-9-4-5-11-28(26)31)23-30(29)37-34(38-33)44-25-35(14-15-35)24-39-16-6-7-17-39/h3-5,8-12,27H,1,6-7,13-25H2. The summed E-state index contributed by atoms with van der Waals surface area (Å²) in [5.41, 5.74) is 3.57. The monoisotopic (exact) mass is 591 g/mol. The summed E-state index contributed by atoms with van der Waals surface area (Å²) in [6, 6.07) is 15.3. The van der Waals surface area contributed by atoms with E-state index in [-0.39, 0.29) is 23.9 Å². The smallest absolute Gasteiger partial charge is 0.318 e. The van der Waals surface area contributed by atoms with Crippen LogP contribution in [0.25, 0.3) is 15.6 Å². The molecule has 4 aliphatic rings. The highest BCUT2D eigenvalue weighted by Gasteiger charge is 2.45. The van der Waals surface area contributed by atoms with Gasteiger partial charge in [0.15, 0.2) is 0 Å². The maximum Gasteiger partial charge on any atom is 0.318 e. The van der Waals surface area contributed by atoms with Crippen molar-refractivity contribution in [3.8, 4) is 6.01 Å². The average Bonchev–Trinajstić information content (AvgIpc) is 3.63. The largest absolute Gasteiger partial charge is 0.463 e. The first kappa shape index (κ1) is 28.6. The highest BCUT2D eigenvalue weighted by Crippen LogP contribution is 2.47. The summed E-state index contributed by atoms with van der Waals surface area (Å²) in [7, 11) is 0. The Labute approximate surface area is 259 Å². The number of amides is 1. The van der Waals surface area contributed by atoms with Crippen LogP contribution >= 0.6 is 0 Å². The van der Waals surface area contributed by atoms with Crippen LogP contribution in [0.15, 0.2) is 55.1 Å². The SMILES string of the molecule is [C-]#[N+]CC1CN(c2nc(OCC3(CN4CCCC4)CC3)nc3c2CCN(c2cccc4ccccc24)C3)CCN1C(=O)C=C. The van der Waals surface area contributed by atoms with Crippen LogP contribution in [0.4, 0.5) is 11.5 Å². The Hall–Kier alpha value is -4.16. The zero-order valence-corrected chi connectivity index (χ0v) is 25.5. The molecule has 0 radical (unpaired) electrons. The molecular weight excluding hydrogens is 550 g/mol. The molecule has 0 N–H and O–H groups in total. The lowest BCUT2D eigenvalue weighted by atomic mass is 10.0. The van der Waals surface area contributed by atoms with E-state index in [1.807, 2.05) is 0 Å². The first-order valence-electron chi connectivity index (χ1n) is 16.0. The zero-order chi connectivity index (χ0) is 30.1. The van der Waals surface area contributed by atoms with Crippen LogP contribution in [0, 0.1) is 12.0 Å². The molecule has 44 heavy (non-hydrogen) atoms. The van der Waals surface area contributed by atoms with Crippen molar-refractivity contribution in [2.75, 3.05) is 68.8 Å². The van der Waals surface area contributed by atoms with Crippen molar-refractivity contribution >= 4 is 28.2 Å². The number of ether oxygens (including phenoxy) is 1. The molecule has 9 nitrogen and oxygen atoms in total. The molecule has 1 aliphatic carbocycles. The number of piperazine rings is 1. The van der Waals surface area contributed by atoms with E-state index in [2.05, 4.69) is 68.6 Å². The number of rotatable bonds is 9. The Bertz CT molecular complexity index is 1580. The fourth-order valence-electron chi connectivity index (χ4n) is 7.28. The molecule has 0 bridgehead atoms. The Morgan fingerprint density at radius 2 is 1.86 bits per heavy atom. The maximum absolute atomic E-state index is 12.6. The second-order valence-electron chi connectivity index (χ2n) is 12.9. The van der Waals surface area contributed by atoms with Crippen LogP contribution in [0.1, 0.15) is 36.9 Å². The normalized spacial score (nSPS) is 21.2. The summed E-state index contributed by atoms with van der Waals surface area (Å²) >= 11 is 0. The van der Waals surface area contributed by atoms with E-state index in [0.29, 0.717) is 38.8 Å². The molecule has 1 amide bonds. The highest BCUT2D eigenvalue weighted by atomic mass is 16.5. The fourth-order valence-corrected chi connectivity index (χ4v) is 7.28. The van der Waals surface area contributed by atoms with Crippen LogP contribution in [0.3, 0.4) is 0 Å². The zero-order valence-electron chi connectivity index (χ0n) is 25.5. The van der Waals surface area contributed by atoms with Gasteiger partial charge in [-0.1, -0.05) is 43.0 Å². The van der Waals surface area contributed by atoms with Gasteiger partial charge in [0.2, 0.25) is 12.5 Å². The molecule has 2 aromatic carbocycles. The lowest BCUT2D eigenvalue weighted by Crippen LogP contribution is -2.56. The Kier molecular flexibility index (Phi) is 7.85. The summed E-state index contributed by atoms with van der Waals surface area (Å²) in [4.78, 5) is 35.4. The minimum absolute atomic E-state index is 0.120. The van der Waals surface area contributed by atoms with E-state index >= 15 is 0 Å². The van der Waals surface area contributed by atoms with Gasteiger partial charge in [-0.25, -0.2) is 6.57 Å². The van der Waals surface area contributed by atoms with Gasteiger partial charge in [0, 0.05) is 54.8 Å². The predicted molar refractivity (Wildman–Crippen MR) is 173 cm³/mol. The Morgan fingerprint density at radius 3 is 2.66 bits per heavy atom. The number of nitrogens with zero attached hydrogens (tertiary/aromatic N) is 7. The molecular formula is C35H41N7O2. The Morgan fingerprint density at radius 1 is 1.05 bits per heavy atom. The summed E-state index contributed by atoms with van der Waals surface area (Å²) in [5, 5.41) is 2.47. The quantitative estimate of drug-likeness (QED) is 0.267. The molecule has 4 heterocycles. The van der Waals surface area contributed by atoms with Gasteiger partial charge in [-0.05, 0) is 62.7 Å². The van der Waals surface area contributed by atoms with Crippen LogP contribution in [-0.4, -0.2) is 90.7 Å². The van der Waals surface area contributed by atoms with Crippen molar-refractivity contribution in [3.05, 3.63) is 77.8 Å².